The molecule has 1 aromatic rings. The molecule has 1 spiro atoms. The molecule has 7 rings (SSSR count). The van der Waals surface area contributed by atoms with Crippen molar-refractivity contribution in [1.29, 1.82) is 0 Å². The predicted molar refractivity (Wildman–Crippen MR) is 166 cm³/mol. The zero-order valence-electron chi connectivity index (χ0n) is 26.5. The Hall–Kier alpha value is -3.27. The summed E-state index contributed by atoms with van der Waals surface area (Å²) in [6.07, 6.45) is -5.49. The third-order valence-corrected chi connectivity index (χ3v) is 10.8. The third kappa shape index (κ3) is 4.48. The van der Waals surface area contributed by atoms with Gasteiger partial charge in [-0.05, 0) is 25.5 Å². The van der Waals surface area contributed by atoms with Crippen LogP contribution in [-0.2, 0) is 34.9 Å². The number of carbonyl (C=O) groups excluding carboxylic acids is 1. The molecule has 5 N–H and O–H groups in total. The first kappa shape index (κ1) is 32.3. The van der Waals surface area contributed by atoms with Gasteiger partial charge in [0.2, 0.25) is 0 Å². The highest BCUT2D eigenvalue weighted by Gasteiger charge is 2.58. The number of fused-ring (bicyclic) bond motifs is 3. The van der Waals surface area contributed by atoms with Gasteiger partial charge in [0.05, 0.1) is 52.2 Å². The van der Waals surface area contributed by atoms with Crippen LogP contribution in [0.4, 0.5) is 0 Å². The van der Waals surface area contributed by atoms with Gasteiger partial charge in [-0.15, -0.1) is 0 Å². The Balaban J connectivity index is 1.44. The number of hydrazone groups is 1. The highest BCUT2D eigenvalue weighted by Crippen LogP contribution is 2.62. The Bertz CT molecular complexity index is 1750. The number of aliphatic hydroxyl groups is 4. The molecule has 1 fully saturated rings. The van der Waals surface area contributed by atoms with Gasteiger partial charge in [-0.25, -0.2) is 5.01 Å². The highest BCUT2D eigenvalue weighted by molar-refractivity contribution is 6.49. The molecule has 3 aliphatic carbocycles. The monoisotopic (exact) mass is 672 g/mol. The van der Waals surface area contributed by atoms with Crippen molar-refractivity contribution in [2.75, 3.05) is 27.6 Å². The zero-order valence-corrected chi connectivity index (χ0v) is 27.3. The molecular weight excluding hydrogens is 636 g/mol. The standard InChI is InChI=1S/C33H37ClN2O11/c1-12(14(3)37)35-36-13(2)26(34)16-6-15-7-20-33(10-45-11-46-20)9-19-23(29(41)25(33)21(15)27(39)22(16)32(36)42)28(40)24-18(43-4)8-17(38)30(44-5)31(24)47-19/h6,17-18,20,28,30,32,38-42H,7-11H2,1-5H3. The Kier molecular flexibility index (Phi) is 7.84. The first-order valence-electron chi connectivity index (χ1n) is 15.3. The van der Waals surface area contributed by atoms with E-state index < -0.39 is 42.2 Å². The summed E-state index contributed by atoms with van der Waals surface area (Å²) in [6.45, 7) is 4.60. The Labute approximate surface area is 275 Å². The largest absolute Gasteiger partial charge is 0.507 e. The number of halogens is 1. The molecule has 0 radical (unpaired) electrons. The fourth-order valence-electron chi connectivity index (χ4n) is 7.93. The minimum Gasteiger partial charge on any atom is -0.507 e. The number of phenolic OH excluding ortho intramolecular Hbond substituents is 1. The van der Waals surface area contributed by atoms with E-state index in [-0.39, 0.29) is 88.1 Å². The lowest BCUT2D eigenvalue weighted by Gasteiger charge is -2.52. The second kappa shape index (κ2) is 11.4. The summed E-state index contributed by atoms with van der Waals surface area (Å²) in [5.41, 5.74) is 1.37. The molecule has 13 nitrogen and oxygen atoms in total. The summed E-state index contributed by atoms with van der Waals surface area (Å²) in [5.74, 6) is -0.502. The number of ether oxygens (including phenoxy) is 5. The van der Waals surface area contributed by atoms with Crippen molar-refractivity contribution >= 4 is 33.7 Å². The van der Waals surface area contributed by atoms with Gasteiger partial charge in [0.15, 0.2) is 12.0 Å². The molecule has 0 saturated carbocycles. The van der Waals surface area contributed by atoms with Crippen LogP contribution in [-0.4, -0.2) is 100 Å². The summed E-state index contributed by atoms with van der Waals surface area (Å²) >= 11 is 6.82. The maximum absolute atomic E-state index is 12.2. The SMILES string of the molecule is COC1CC(O)C(OC)C2=C1C(O)C1=C(CC34COCOC3Cc3cc5c(c(O)c3C4=C1O)C(O)N(N=C(C)C(C)=O)C(C)=C5Cl)O2. The van der Waals surface area contributed by atoms with Crippen LogP contribution in [0.25, 0.3) is 10.6 Å². The number of Topliss-reactive ketones (excluding diaryl/α,β-unsaturated/α-hetero) is 1. The molecule has 1 aromatic carbocycles. The van der Waals surface area contributed by atoms with Crippen LogP contribution in [0.5, 0.6) is 5.75 Å². The number of aromatic hydroxyl groups is 1. The van der Waals surface area contributed by atoms with Crippen LogP contribution in [0.1, 0.15) is 62.1 Å². The molecular formula is C33H37ClN2O11. The number of ketones is 1. The smallest absolute Gasteiger partial charge is 0.177 e. The minimum atomic E-state index is -1.53. The lowest BCUT2D eigenvalue weighted by atomic mass is 9.59. The zero-order chi connectivity index (χ0) is 33.7. The number of hydrogen-bond acceptors (Lipinski definition) is 13. The second-order valence-corrected chi connectivity index (χ2v) is 13.2. The van der Waals surface area contributed by atoms with Crippen molar-refractivity contribution in [3.05, 3.63) is 62.4 Å². The van der Waals surface area contributed by atoms with Crippen molar-refractivity contribution in [3.8, 4) is 5.75 Å². The van der Waals surface area contributed by atoms with Crippen LogP contribution in [0, 0.1) is 5.41 Å². The molecule has 0 bridgehead atoms. The number of carbonyl (C=O) groups is 1. The molecule has 6 aliphatic rings. The van der Waals surface area contributed by atoms with Gasteiger partial charge >= 0.3 is 0 Å². The van der Waals surface area contributed by atoms with Crippen LogP contribution >= 0.6 is 11.6 Å². The van der Waals surface area contributed by atoms with E-state index in [2.05, 4.69) is 5.10 Å². The van der Waals surface area contributed by atoms with E-state index >= 15 is 0 Å². The van der Waals surface area contributed by atoms with Crippen molar-refractivity contribution in [1.82, 2.24) is 5.01 Å². The normalized spacial score (nSPS) is 33.5. The molecule has 7 unspecified atom stereocenters. The number of nitrogens with zero attached hydrogens (tertiary/aromatic N) is 2. The molecule has 7 atom stereocenters. The van der Waals surface area contributed by atoms with E-state index in [0.717, 1.165) is 0 Å². The van der Waals surface area contributed by atoms with Gasteiger partial charge in [0, 0.05) is 62.7 Å². The molecule has 14 heteroatoms. The first-order chi connectivity index (χ1) is 22.4. The van der Waals surface area contributed by atoms with E-state index in [1.165, 1.54) is 33.1 Å². The van der Waals surface area contributed by atoms with Crippen LogP contribution in [0.15, 0.2) is 45.3 Å². The van der Waals surface area contributed by atoms with E-state index in [4.69, 9.17) is 35.3 Å². The molecule has 0 aromatic heterocycles. The summed E-state index contributed by atoms with van der Waals surface area (Å²) in [6, 6.07) is 1.76. The summed E-state index contributed by atoms with van der Waals surface area (Å²) in [7, 11) is 2.89. The van der Waals surface area contributed by atoms with Crippen LogP contribution in [0.3, 0.4) is 0 Å². The van der Waals surface area contributed by atoms with Gasteiger partial charge in [-0.3, -0.25) is 4.79 Å². The predicted octanol–water partition coefficient (Wildman–Crippen LogP) is 2.87. The number of rotatable bonds is 4. The molecule has 3 heterocycles. The Morgan fingerprint density at radius 2 is 1.91 bits per heavy atom. The fourth-order valence-corrected chi connectivity index (χ4v) is 8.17. The number of benzene rings is 1. The average Bonchev–Trinajstić information content (AvgIpc) is 3.03. The van der Waals surface area contributed by atoms with E-state index in [9.17, 15) is 30.3 Å². The average molecular weight is 673 g/mol. The fraction of sp³-hybridized carbons (Fsp3) is 0.515. The first-order valence-corrected chi connectivity index (χ1v) is 15.7. The molecule has 252 valence electrons. The number of phenols is 1. The summed E-state index contributed by atoms with van der Waals surface area (Å²) in [5, 5.41) is 64.3. The summed E-state index contributed by atoms with van der Waals surface area (Å²) in [4.78, 5) is 12.0. The van der Waals surface area contributed by atoms with Crippen LogP contribution in [0.2, 0.25) is 0 Å². The maximum atomic E-state index is 12.2. The van der Waals surface area contributed by atoms with Gasteiger partial charge < -0.3 is 49.2 Å². The Morgan fingerprint density at radius 1 is 1.17 bits per heavy atom. The van der Waals surface area contributed by atoms with Crippen molar-refractivity contribution in [2.24, 2.45) is 10.5 Å². The van der Waals surface area contributed by atoms with E-state index in [1.807, 2.05) is 0 Å². The number of methoxy groups -OCH3 is 2. The lowest BCUT2D eigenvalue weighted by molar-refractivity contribution is -0.195. The van der Waals surface area contributed by atoms with Gasteiger partial charge in [-0.2, -0.15) is 5.10 Å². The van der Waals surface area contributed by atoms with Gasteiger partial charge in [0.25, 0.3) is 0 Å². The third-order valence-electron chi connectivity index (χ3n) is 10.4. The lowest BCUT2D eigenvalue weighted by Crippen LogP contribution is -2.54. The minimum absolute atomic E-state index is 0.00576. The maximum Gasteiger partial charge on any atom is 0.177 e. The quantitative estimate of drug-likeness (QED) is 0.296. The molecule has 1 saturated heterocycles. The molecule has 3 aliphatic heterocycles. The number of allylic oxidation sites excluding steroid dienone is 2. The van der Waals surface area contributed by atoms with Gasteiger partial charge in [0.1, 0.15) is 47.7 Å². The molecule has 0 amide bonds. The second-order valence-electron chi connectivity index (χ2n) is 12.8. The highest BCUT2D eigenvalue weighted by atomic mass is 35.5. The van der Waals surface area contributed by atoms with Crippen molar-refractivity contribution < 1.29 is 54.0 Å². The van der Waals surface area contributed by atoms with E-state index in [1.54, 1.807) is 13.0 Å². The summed E-state index contributed by atoms with van der Waals surface area (Å²) < 4.78 is 29.6. The van der Waals surface area contributed by atoms with E-state index in [0.29, 0.717) is 28.8 Å². The number of hydrogen-bond donors (Lipinski definition) is 5. The van der Waals surface area contributed by atoms with Crippen LogP contribution < -0.4 is 0 Å². The van der Waals surface area contributed by atoms with Crippen molar-refractivity contribution in [2.45, 2.75) is 76.8 Å². The Morgan fingerprint density at radius 3 is 2.60 bits per heavy atom. The van der Waals surface area contributed by atoms with Crippen molar-refractivity contribution in [3.63, 3.8) is 0 Å². The molecule has 47 heavy (non-hydrogen) atoms. The topological polar surface area (TPSA) is 180 Å². The number of aliphatic hydroxyl groups excluding tert-OH is 4. The van der Waals surface area contributed by atoms with Gasteiger partial charge in [-0.1, -0.05) is 11.6 Å².